The van der Waals surface area contributed by atoms with Crippen molar-refractivity contribution in [3.63, 3.8) is 0 Å². The SMILES string of the molecule is O=C1CN(C(=O)c2c(F)cccc2Cl)C(c2cccs2)c2cc(F)ccc2N1. The third-order valence-electron chi connectivity index (χ3n) is 4.46. The summed E-state index contributed by atoms with van der Waals surface area (Å²) in [4.78, 5) is 27.6. The molecule has 0 fully saturated rings. The minimum Gasteiger partial charge on any atom is -0.324 e. The molecule has 4 rings (SSSR count). The molecule has 1 unspecified atom stereocenters. The van der Waals surface area contributed by atoms with Gasteiger partial charge in [0.2, 0.25) is 5.91 Å². The number of carbonyl (C=O) groups is 2. The second kappa shape index (κ2) is 7.33. The van der Waals surface area contributed by atoms with Gasteiger partial charge in [0.1, 0.15) is 18.2 Å². The van der Waals surface area contributed by atoms with E-state index in [0.29, 0.717) is 16.1 Å². The van der Waals surface area contributed by atoms with Gasteiger partial charge in [-0.05, 0) is 41.8 Å². The van der Waals surface area contributed by atoms with Crippen molar-refractivity contribution in [1.82, 2.24) is 4.90 Å². The van der Waals surface area contributed by atoms with Crippen LogP contribution < -0.4 is 5.32 Å². The van der Waals surface area contributed by atoms with Gasteiger partial charge in [-0.3, -0.25) is 9.59 Å². The molecule has 2 heterocycles. The number of nitrogens with one attached hydrogen (secondary N) is 1. The molecule has 0 bridgehead atoms. The highest BCUT2D eigenvalue weighted by Crippen LogP contribution is 2.39. The van der Waals surface area contributed by atoms with Gasteiger partial charge in [-0.2, -0.15) is 0 Å². The normalized spacial score (nSPS) is 16.3. The van der Waals surface area contributed by atoms with Gasteiger partial charge in [-0.25, -0.2) is 8.78 Å². The number of hydrogen-bond donors (Lipinski definition) is 1. The molecule has 28 heavy (non-hydrogen) atoms. The van der Waals surface area contributed by atoms with Crippen LogP contribution in [0.1, 0.15) is 26.8 Å². The van der Waals surface area contributed by atoms with Gasteiger partial charge in [0, 0.05) is 16.1 Å². The molecule has 142 valence electrons. The molecule has 0 radical (unpaired) electrons. The first-order valence-electron chi connectivity index (χ1n) is 8.33. The summed E-state index contributed by atoms with van der Waals surface area (Å²) < 4.78 is 28.4. The molecule has 0 saturated carbocycles. The summed E-state index contributed by atoms with van der Waals surface area (Å²) in [6, 6.07) is 10.7. The predicted molar refractivity (Wildman–Crippen MR) is 104 cm³/mol. The van der Waals surface area contributed by atoms with Crippen molar-refractivity contribution in [2.24, 2.45) is 0 Å². The molecule has 3 aromatic rings. The zero-order valence-electron chi connectivity index (χ0n) is 14.3. The van der Waals surface area contributed by atoms with Crippen LogP contribution in [0.3, 0.4) is 0 Å². The molecule has 0 spiro atoms. The highest BCUT2D eigenvalue weighted by atomic mass is 35.5. The number of benzene rings is 2. The number of thiophene rings is 1. The van der Waals surface area contributed by atoms with E-state index < -0.39 is 29.5 Å². The summed E-state index contributed by atoms with van der Waals surface area (Å²) in [5.74, 6) is -2.50. The summed E-state index contributed by atoms with van der Waals surface area (Å²) in [7, 11) is 0. The van der Waals surface area contributed by atoms with Crippen molar-refractivity contribution in [2.75, 3.05) is 11.9 Å². The summed E-state index contributed by atoms with van der Waals surface area (Å²) in [5, 5.41) is 4.44. The summed E-state index contributed by atoms with van der Waals surface area (Å²) >= 11 is 7.43. The van der Waals surface area contributed by atoms with E-state index in [1.165, 1.54) is 46.6 Å². The Bertz CT molecular complexity index is 1050. The zero-order valence-corrected chi connectivity index (χ0v) is 15.9. The smallest absolute Gasteiger partial charge is 0.259 e. The molecule has 2 amide bonds. The zero-order chi connectivity index (χ0) is 19.8. The first kappa shape index (κ1) is 18.6. The topological polar surface area (TPSA) is 49.4 Å². The number of amides is 2. The molecule has 0 aliphatic carbocycles. The van der Waals surface area contributed by atoms with Gasteiger partial charge >= 0.3 is 0 Å². The Balaban J connectivity index is 1.91. The second-order valence-electron chi connectivity index (χ2n) is 6.23. The second-order valence-corrected chi connectivity index (χ2v) is 7.61. The standard InChI is InChI=1S/C20H13ClF2N2O2S/c21-13-3-1-4-14(23)18(13)20(27)25-10-17(26)24-15-7-6-11(22)9-12(15)19(25)16-5-2-8-28-16/h1-9,19H,10H2,(H,24,26). The minimum absolute atomic E-state index is 0.0564. The highest BCUT2D eigenvalue weighted by Gasteiger charge is 2.36. The number of fused-ring (bicyclic) bond motifs is 1. The highest BCUT2D eigenvalue weighted by molar-refractivity contribution is 7.10. The number of halogens is 3. The molecule has 8 heteroatoms. The van der Waals surface area contributed by atoms with E-state index >= 15 is 0 Å². The molecule has 1 N–H and O–H groups in total. The van der Waals surface area contributed by atoms with Crippen LogP contribution in [0.25, 0.3) is 0 Å². The average Bonchev–Trinajstić information content (AvgIpc) is 3.12. The first-order valence-corrected chi connectivity index (χ1v) is 9.59. The Hall–Kier alpha value is -2.77. The van der Waals surface area contributed by atoms with Crippen molar-refractivity contribution in [2.45, 2.75) is 6.04 Å². The van der Waals surface area contributed by atoms with Crippen LogP contribution >= 0.6 is 22.9 Å². The average molecular weight is 419 g/mol. The van der Waals surface area contributed by atoms with Gasteiger partial charge in [-0.15, -0.1) is 11.3 Å². The van der Waals surface area contributed by atoms with Crippen molar-refractivity contribution in [3.05, 3.63) is 86.6 Å². The molecule has 1 aliphatic heterocycles. The molecule has 0 saturated heterocycles. The maximum Gasteiger partial charge on any atom is 0.259 e. The van der Waals surface area contributed by atoms with Gasteiger partial charge in [0.25, 0.3) is 5.91 Å². The fraction of sp³-hybridized carbons (Fsp3) is 0.100. The lowest BCUT2D eigenvalue weighted by atomic mass is 10.0. The van der Waals surface area contributed by atoms with Crippen molar-refractivity contribution in [1.29, 1.82) is 0 Å². The Kier molecular flexibility index (Phi) is 4.87. The van der Waals surface area contributed by atoms with Gasteiger partial charge in [0.15, 0.2) is 0 Å². The van der Waals surface area contributed by atoms with Crippen LogP contribution in [0, 0.1) is 11.6 Å². The largest absolute Gasteiger partial charge is 0.324 e. The molecule has 1 aliphatic rings. The maximum absolute atomic E-state index is 14.4. The quantitative estimate of drug-likeness (QED) is 0.646. The molecule has 2 aromatic carbocycles. The van der Waals surface area contributed by atoms with Crippen molar-refractivity contribution >= 4 is 40.4 Å². The van der Waals surface area contributed by atoms with E-state index in [2.05, 4.69) is 5.32 Å². The Morgan fingerprint density at radius 3 is 2.71 bits per heavy atom. The van der Waals surface area contributed by atoms with Crippen LogP contribution in [-0.2, 0) is 4.79 Å². The summed E-state index contributed by atoms with van der Waals surface area (Å²) in [6.07, 6.45) is 0. The third-order valence-corrected chi connectivity index (χ3v) is 5.70. The fourth-order valence-electron chi connectivity index (χ4n) is 3.27. The third kappa shape index (κ3) is 3.27. The van der Waals surface area contributed by atoms with Crippen LogP contribution in [0.5, 0.6) is 0 Å². The lowest BCUT2D eigenvalue weighted by Gasteiger charge is -2.30. The maximum atomic E-state index is 14.4. The molecular formula is C20H13ClF2N2O2S. The monoisotopic (exact) mass is 418 g/mol. The number of carbonyl (C=O) groups excluding carboxylic acids is 2. The number of anilines is 1. The van der Waals surface area contributed by atoms with Crippen LogP contribution in [-0.4, -0.2) is 23.3 Å². The summed E-state index contributed by atoms with van der Waals surface area (Å²) in [6.45, 7) is -0.331. The van der Waals surface area contributed by atoms with E-state index in [4.69, 9.17) is 11.6 Å². The minimum atomic E-state index is -0.786. The molecule has 1 aromatic heterocycles. The van der Waals surface area contributed by atoms with E-state index in [-0.39, 0.29) is 17.1 Å². The Morgan fingerprint density at radius 1 is 1.18 bits per heavy atom. The predicted octanol–water partition coefficient (Wildman–Crippen LogP) is 4.86. The summed E-state index contributed by atoms with van der Waals surface area (Å²) in [5.41, 5.74) is 0.493. The lowest BCUT2D eigenvalue weighted by Crippen LogP contribution is -2.39. The van der Waals surface area contributed by atoms with Gasteiger partial charge in [0.05, 0.1) is 16.6 Å². The fourth-order valence-corrected chi connectivity index (χ4v) is 4.36. The van der Waals surface area contributed by atoms with E-state index in [0.717, 1.165) is 6.07 Å². The van der Waals surface area contributed by atoms with Gasteiger partial charge < -0.3 is 10.2 Å². The van der Waals surface area contributed by atoms with Gasteiger partial charge in [-0.1, -0.05) is 23.7 Å². The molecule has 1 atom stereocenters. The Morgan fingerprint density at radius 2 is 2.00 bits per heavy atom. The van der Waals surface area contributed by atoms with E-state index in [1.54, 1.807) is 12.1 Å². The van der Waals surface area contributed by atoms with Crippen LogP contribution in [0.4, 0.5) is 14.5 Å². The number of nitrogens with zero attached hydrogens (tertiary/aromatic N) is 1. The first-order chi connectivity index (χ1) is 13.5. The van der Waals surface area contributed by atoms with Crippen molar-refractivity contribution < 1.29 is 18.4 Å². The number of rotatable bonds is 2. The number of hydrogen-bond acceptors (Lipinski definition) is 3. The van der Waals surface area contributed by atoms with E-state index in [9.17, 15) is 18.4 Å². The molecular weight excluding hydrogens is 406 g/mol. The van der Waals surface area contributed by atoms with Crippen LogP contribution in [0.2, 0.25) is 5.02 Å². The van der Waals surface area contributed by atoms with Crippen LogP contribution in [0.15, 0.2) is 53.9 Å². The van der Waals surface area contributed by atoms with E-state index in [1.807, 2.05) is 5.38 Å². The Labute approximate surface area is 168 Å². The molecule has 4 nitrogen and oxygen atoms in total. The lowest BCUT2D eigenvalue weighted by molar-refractivity contribution is -0.117. The van der Waals surface area contributed by atoms with Crippen molar-refractivity contribution in [3.8, 4) is 0 Å².